The standard InChI is InChI=1S/C7H5NO4/c8-4-2-1-3(7(11)12)5(9)6(4)10/h1-2,8-9H,(H,11,12). The molecule has 0 fully saturated rings. The van der Waals surface area contributed by atoms with E-state index in [-0.39, 0.29) is 0 Å². The Morgan fingerprint density at radius 3 is 2.50 bits per heavy atom. The van der Waals surface area contributed by atoms with E-state index in [9.17, 15) is 9.59 Å². The summed E-state index contributed by atoms with van der Waals surface area (Å²) in [4.78, 5) is 21.1. The summed E-state index contributed by atoms with van der Waals surface area (Å²) in [6.07, 6.45) is 2.05. The first-order valence-electron chi connectivity index (χ1n) is 3.02. The molecule has 5 nitrogen and oxygen atoms in total. The number of aliphatic carboxylic acids is 1. The molecule has 0 unspecified atom stereocenters. The van der Waals surface area contributed by atoms with Gasteiger partial charge in [-0.15, -0.1) is 0 Å². The summed E-state index contributed by atoms with van der Waals surface area (Å²) in [7, 11) is 0. The van der Waals surface area contributed by atoms with Crippen LogP contribution in [0.1, 0.15) is 0 Å². The number of hydrogen-bond donors (Lipinski definition) is 3. The molecular formula is C7H5NO4. The number of carboxylic acid groups (broad SMARTS) is 1. The SMILES string of the molecule is N=C1C=CC(C(=O)O)=C(O)C1=O. The van der Waals surface area contributed by atoms with Crippen LogP contribution in [0.3, 0.4) is 0 Å². The lowest BCUT2D eigenvalue weighted by molar-refractivity contribution is -0.132. The molecule has 0 aromatic heterocycles. The molecule has 1 aliphatic carbocycles. The van der Waals surface area contributed by atoms with E-state index in [1.54, 1.807) is 0 Å². The fourth-order valence-corrected chi connectivity index (χ4v) is 0.744. The summed E-state index contributed by atoms with van der Waals surface area (Å²) < 4.78 is 0. The minimum Gasteiger partial charge on any atom is -0.503 e. The smallest absolute Gasteiger partial charge is 0.339 e. The van der Waals surface area contributed by atoms with Crippen LogP contribution in [0.4, 0.5) is 0 Å². The lowest BCUT2D eigenvalue weighted by atomic mass is 10.0. The summed E-state index contributed by atoms with van der Waals surface area (Å²) in [6, 6.07) is 0. The highest BCUT2D eigenvalue weighted by Gasteiger charge is 2.23. The molecule has 0 aromatic rings. The van der Waals surface area contributed by atoms with Gasteiger partial charge in [-0.1, -0.05) is 0 Å². The van der Waals surface area contributed by atoms with Crippen LogP contribution in [0.2, 0.25) is 0 Å². The first-order chi connectivity index (χ1) is 5.54. The maximum absolute atomic E-state index is 10.8. The Labute approximate surface area is 67.1 Å². The zero-order valence-electron chi connectivity index (χ0n) is 5.87. The van der Waals surface area contributed by atoms with Crippen LogP contribution in [-0.2, 0) is 9.59 Å². The van der Waals surface area contributed by atoms with Crippen molar-refractivity contribution in [2.75, 3.05) is 0 Å². The molecule has 1 rings (SSSR count). The first-order valence-corrected chi connectivity index (χ1v) is 3.02. The molecule has 3 N–H and O–H groups in total. The van der Waals surface area contributed by atoms with Crippen LogP contribution in [0.5, 0.6) is 0 Å². The summed E-state index contributed by atoms with van der Waals surface area (Å²) in [5.41, 5.74) is -0.895. The van der Waals surface area contributed by atoms with Crippen molar-refractivity contribution >= 4 is 17.5 Å². The average Bonchev–Trinajstić information content (AvgIpc) is 2.00. The Morgan fingerprint density at radius 1 is 1.42 bits per heavy atom. The van der Waals surface area contributed by atoms with Gasteiger partial charge >= 0.3 is 5.97 Å². The van der Waals surface area contributed by atoms with Gasteiger partial charge in [0.2, 0.25) is 5.78 Å². The van der Waals surface area contributed by atoms with Crippen molar-refractivity contribution in [2.24, 2.45) is 0 Å². The van der Waals surface area contributed by atoms with E-state index in [0.29, 0.717) is 0 Å². The maximum Gasteiger partial charge on any atom is 0.339 e. The third kappa shape index (κ3) is 1.12. The molecule has 0 saturated heterocycles. The van der Waals surface area contributed by atoms with Crippen LogP contribution in [0.15, 0.2) is 23.5 Å². The molecule has 0 saturated carbocycles. The van der Waals surface area contributed by atoms with Gasteiger partial charge < -0.3 is 10.2 Å². The van der Waals surface area contributed by atoms with Gasteiger partial charge in [0.15, 0.2) is 5.76 Å². The number of hydrogen-bond acceptors (Lipinski definition) is 4. The monoisotopic (exact) mass is 167 g/mol. The third-order valence-corrected chi connectivity index (χ3v) is 1.36. The molecule has 0 radical (unpaired) electrons. The number of rotatable bonds is 1. The zero-order chi connectivity index (χ0) is 9.30. The second kappa shape index (κ2) is 2.61. The molecule has 1 aliphatic rings. The molecule has 62 valence electrons. The Balaban J connectivity index is 3.19. The number of Topliss-reactive ketones (excluding diaryl/α,β-unsaturated/α-hetero) is 1. The van der Waals surface area contributed by atoms with Crippen LogP contribution >= 0.6 is 0 Å². The summed E-state index contributed by atoms with van der Waals surface area (Å²) in [5.74, 6) is -3.23. The molecule has 12 heavy (non-hydrogen) atoms. The Kier molecular flexibility index (Phi) is 1.78. The van der Waals surface area contributed by atoms with Gasteiger partial charge in [-0.2, -0.15) is 0 Å². The summed E-state index contributed by atoms with van der Waals surface area (Å²) in [5, 5.41) is 24.3. The van der Waals surface area contributed by atoms with Gasteiger partial charge in [0.25, 0.3) is 0 Å². The normalized spacial score (nSPS) is 17.0. The van der Waals surface area contributed by atoms with Gasteiger partial charge in [0, 0.05) is 0 Å². The molecule has 0 bridgehead atoms. The van der Waals surface area contributed by atoms with E-state index < -0.39 is 28.8 Å². The Morgan fingerprint density at radius 2 is 2.00 bits per heavy atom. The van der Waals surface area contributed by atoms with E-state index in [2.05, 4.69) is 0 Å². The number of aliphatic hydroxyl groups excluding tert-OH is 1. The molecule has 0 spiro atoms. The van der Waals surface area contributed by atoms with Crippen molar-refractivity contribution in [3.05, 3.63) is 23.5 Å². The first kappa shape index (κ1) is 8.19. The minimum absolute atomic E-state index is 0.419. The van der Waals surface area contributed by atoms with E-state index in [4.69, 9.17) is 15.6 Å². The number of aliphatic hydroxyl groups is 1. The third-order valence-electron chi connectivity index (χ3n) is 1.36. The van der Waals surface area contributed by atoms with Crippen molar-refractivity contribution < 1.29 is 19.8 Å². The van der Waals surface area contributed by atoms with Gasteiger partial charge in [0.1, 0.15) is 11.3 Å². The predicted octanol–water partition coefficient (Wildman–Crippen LogP) is 0.0418. The maximum atomic E-state index is 10.8. The fourth-order valence-electron chi connectivity index (χ4n) is 0.744. The molecular weight excluding hydrogens is 162 g/mol. The Bertz CT molecular complexity index is 337. The number of carbonyl (C=O) groups is 2. The highest BCUT2D eigenvalue weighted by molar-refractivity contribution is 6.49. The van der Waals surface area contributed by atoms with Crippen molar-refractivity contribution in [3.63, 3.8) is 0 Å². The lowest BCUT2D eigenvalue weighted by Gasteiger charge is -2.05. The van der Waals surface area contributed by atoms with Crippen LogP contribution in [-0.4, -0.2) is 27.7 Å². The van der Waals surface area contributed by atoms with Gasteiger partial charge in [-0.05, 0) is 12.2 Å². The number of carbonyl (C=O) groups excluding carboxylic acids is 1. The molecule has 0 aliphatic heterocycles. The van der Waals surface area contributed by atoms with Crippen molar-refractivity contribution in [2.45, 2.75) is 0 Å². The summed E-state index contributed by atoms with van der Waals surface area (Å²) >= 11 is 0. The van der Waals surface area contributed by atoms with Crippen LogP contribution < -0.4 is 0 Å². The van der Waals surface area contributed by atoms with Gasteiger partial charge in [-0.25, -0.2) is 4.79 Å². The van der Waals surface area contributed by atoms with Crippen molar-refractivity contribution in [1.82, 2.24) is 0 Å². The topological polar surface area (TPSA) is 98.5 Å². The quantitative estimate of drug-likeness (QED) is 0.480. The Hall–Kier alpha value is -1.91. The minimum atomic E-state index is -1.38. The van der Waals surface area contributed by atoms with E-state index in [1.165, 1.54) is 0 Å². The second-order valence-electron chi connectivity index (χ2n) is 2.14. The predicted molar refractivity (Wildman–Crippen MR) is 39.2 cm³/mol. The summed E-state index contributed by atoms with van der Waals surface area (Å²) in [6.45, 7) is 0. The van der Waals surface area contributed by atoms with E-state index in [0.717, 1.165) is 12.2 Å². The highest BCUT2D eigenvalue weighted by Crippen LogP contribution is 2.11. The number of nitrogens with one attached hydrogen (secondary N) is 1. The molecule has 0 amide bonds. The second-order valence-corrected chi connectivity index (χ2v) is 2.14. The molecule has 0 atom stereocenters. The van der Waals surface area contributed by atoms with Crippen molar-refractivity contribution in [3.8, 4) is 0 Å². The lowest BCUT2D eigenvalue weighted by Crippen LogP contribution is -2.20. The number of ketones is 1. The largest absolute Gasteiger partial charge is 0.503 e. The zero-order valence-corrected chi connectivity index (χ0v) is 5.87. The highest BCUT2D eigenvalue weighted by atomic mass is 16.4. The van der Waals surface area contributed by atoms with E-state index in [1.807, 2.05) is 0 Å². The average molecular weight is 167 g/mol. The molecule has 0 heterocycles. The van der Waals surface area contributed by atoms with Crippen molar-refractivity contribution in [1.29, 1.82) is 5.41 Å². The number of allylic oxidation sites excluding steroid dienone is 2. The van der Waals surface area contributed by atoms with Gasteiger partial charge in [-0.3, -0.25) is 10.2 Å². The van der Waals surface area contributed by atoms with Crippen LogP contribution in [0.25, 0.3) is 0 Å². The number of carboxylic acids is 1. The van der Waals surface area contributed by atoms with Crippen LogP contribution in [0, 0.1) is 5.41 Å². The van der Waals surface area contributed by atoms with E-state index >= 15 is 0 Å². The molecule has 5 heteroatoms. The molecule has 0 aromatic carbocycles. The van der Waals surface area contributed by atoms with Gasteiger partial charge in [0.05, 0.1) is 0 Å². The fraction of sp³-hybridized carbons (Fsp3) is 0.